The molecule has 4 rings (SSSR count). The first-order valence-electron chi connectivity index (χ1n) is 9.02. The first kappa shape index (κ1) is 20.2. The van der Waals surface area contributed by atoms with Crippen LogP contribution in [0, 0.1) is 17.3 Å². The van der Waals surface area contributed by atoms with E-state index in [-0.39, 0.29) is 10.5 Å². The second-order valence-electron chi connectivity index (χ2n) is 6.46. The molecule has 3 aromatic heterocycles. The Morgan fingerprint density at radius 2 is 1.97 bits per heavy atom. The third kappa shape index (κ3) is 3.74. The molecular weight excluding hydrogens is 419 g/mol. The zero-order valence-electron chi connectivity index (χ0n) is 16.2. The fourth-order valence-electron chi connectivity index (χ4n) is 2.98. The van der Waals surface area contributed by atoms with Crippen molar-refractivity contribution in [3.63, 3.8) is 0 Å². The highest BCUT2D eigenvalue weighted by molar-refractivity contribution is 7.89. The highest BCUT2D eigenvalue weighted by Gasteiger charge is 2.22. The summed E-state index contributed by atoms with van der Waals surface area (Å²) in [6.45, 7) is 0. The number of nitrogens with zero attached hydrogens (tertiary/aromatic N) is 6. The fourth-order valence-corrected chi connectivity index (χ4v) is 4.08. The number of nitriles is 1. The summed E-state index contributed by atoms with van der Waals surface area (Å²) in [5, 5.41) is 13.2. The van der Waals surface area contributed by atoms with Crippen LogP contribution in [0.15, 0.2) is 77.1 Å². The maximum atomic E-state index is 14.1. The molecule has 0 amide bonds. The largest absolute Gasteiger partial charge is 0.298 e. The third-order valence-corrected chi connectivity index (χ3v) is 6.29. The number of hydrazone groups is 1. The molecule has 0 spiro atoms. The molecule has 154 valence electrons. The van der Waals surface area contributed by atoms with Crippen LogP contribution in [0.5, 0.6) is 0 Å². The van der Waals surface area contributed by atoms with Crippen molar-refractivity contribution in [2.24, 2.45) is 5.10 Å². The van der Waals surface area contributed by atoms with Crippen LogP contribution in [0.4, 0.5) is 4.39 Å². The summed E-state index contributed by atoms with van der Waals surface area (Å²) in [5.41, 5.74) is 2.00. The number of hydrogen-bond donors (Lipinski definition) is 0. The zero-order chi connectivity index (χ0) is 22.0. The highest BCUT2D eigenvalue weighted by Crippen LogP contribution is 2.22. The van der Waals surface area contributed by atoms with Crippen LogP contribution in [0.25, 0.3) is 16.8 Å². The van der Waals surface area contributed by atoms with E-state index in [4.69, 9.17) is 0 Å². The van der Waals surface area contributed by atoms with Crippen molar-refractivity contribution in [1.29, 1.82) is 5.26 Å². The molecule has 1 aromatic carbocycles. The van der Waals surface area contributed by atoms with Crippen molar-refractivity contribution in [2.75, 3.05) is 7.05 Å². The molecule has 8 nitrogen and oxygen atoms in total. The lowest BCUT2D eigenvalue weighted by Crippen LogP contribution is -2.22. The lowest BCUT2D eigenvalue weighted by atomic mass is 10.1. The van der Waals surface area contributed by atoms with Crippen LogP contribution in [0.1, 0.15) is 11.3 Å². The SMILES string of the molecule is CN(N=Cc1cnc2ccc(-c3cccnc3F)cn12)S(=O)(=O)c1ccccc1C#N. The number of rotatable bonds is 5. The molecule has 0 bridgehead atoms. The standard InChI is InChI=1S/C21H15FN6O2S/c1-27(31(29,30)19-7-3-2-5-15(19)11-23)26-13-17-12-25-20-9-8-16(14-28(17)20)18-6-4-10-24-21(18)22/h2-10,12-14H,1H3. The van der Waals surface area contributed by atoms with Crippen molar-refractivity contribution in [3.8, 4) is 17.2 Å². The van der Waals surface area contributed by atoms with Crippen molar-refractivity contribution in [2.45, 2.75) is 4.90 Å². The number of pyridine rings is 2. The van der Waals surface area contributed by atoms with Crippen LogP contribution in [-0.4, -0.2) is 40.5 Å². The Morgan fingerprint density at radius 1 is 1.16 bits per heavy atom. The van der Waals surface area contributed by atoms with E-state index in [9.17, 15) is 18.1 Å². The molecule has 0 unspecified atom stereocenters. The first-order valence-corrected chi connectivity index (χ1v) is 10.5. The number of sulfonamides is 1. The summed E-state index contributed by atoms with van der Waals surface area (Å²) in [7, 11) is -2.74. The van der Waals surface area contributed by atoms with Crippen LogP contribution in [0.3, 0.4) is 0 Å². The zero-order valence-corrected chi connectivity index (χ0v) is 17.0. The second-order valence-corrected chi connectivity index (χ2v) is 8.38. The van der Waals surface area contributed by atoms with Gasteiger partial charge in [-0.2, -0.15) is 27.6 Å². The highest BCUT2D eigenvalue weighted by atomic mass is 32.2. The molecule has 0 aliphatic rings. The number of halogens is 1. The van der Waals surface area contributed by atoms with Gasteiger partial charge in [-0.05, 0) is 36.4 Å². The maximum Gasteiger partial charge on any atom is 0.280 e. The van der Waals surface area contributed by atoms with Crippen molar-refractivity contribution in [3.05, 3.63) is 84.3 Å². The smallest absolute Gasteiger partial charge is 0.280 e. The summed E-state index contributed by atoms with van der Waals surface area (Å²) in [4.78, 5) is 7.78. The van der Waals surface area contributed by atoms with Gasteiger partial charge in [0, 0.05) is 30.6 Å². The van der Waals surface area contributed by atoms with E-state index in [0.29, 0.717) is 22.5 Å². The molecule has 0 saturated carbocycles. The summed E-state index contributed by atoms with van der Waals surface area (Å²) in [6.07, 6.45) is 5.89. The van der Waals surface area contributed by atoms with Crippen molar-refractivity contribution < 1.29 is 12.8 Å². The number of imidazole rings is 1. The van der Waals surface area contributed by atoms with Gasteiger partial charge >= 0.3 is 0 Å². The van der Waals surface area contributed by atoms with Gasteiger partial charge in [-0.15, -0.1) is 0 Å². The molecule has 4 aromatic rings. The molecule has 0 radical (unpaired) electrons. The average molecular weight is 434 g/mol. The predicted octanol–water partition coefficient (Wildman–Crippen LogP) is 3.06. The van der Waals surface area contributed by atoms with Crippen molar-refractivity contribution >= 4 is 21.9 Å². The van der Waals surface area contributed by atoms with Gasteiger partial charge in [0.2, 0.25) is 5.95 Å². The first-order chi connectivity index (χ1) is 14.9. The van der Waals surface area contributed by atoms with Gasteiger partial charge in [-0.25, -0.2) is 9.97 Å². The minimum Gasteiger partial charge on any atom is -0.298 e. The van der Waals surface area contributed by atoms with Crippen LogP contribution in [0.2, 0.25) is 0 Å². The Hall–Kier alpha value is -4.10. The molecule has 31 heavy (non-hydrogen) atoms. The number of fused-ring (bicyclic) bond motifs is 1. The van der Waals surface area contributed by atoms with E-state index >= 15 is 0 Å². The number of benzene rings is 1. The monoisotopic (exact) mass is 434 g/mol. The molecular formula is C21H15FN6O2S. The van der Waals surface area contributed by atoms with Crippen LogP contribution in [-0.2, 0) is 10.0 Å². The molecule has 3 heterocycles. The minimum absolute atomic E-state index is 0.0301. The van der Waals surface area contributed by atoms with E-state index in [2.05, 4.69) is 15.1 Å². The molecule has 0 fully saturated rings. The van der Waals surface area contributed by atoms with Gasteiger partial charge < -0.3 is 0 Å². The normalized spacial score (nSPS) is 11.6. The van der Waals surface area contributed by atoms with Gasteiger partial charge in [0.1, 0.15) is 16.6 Å². The maximum absolute atomic E-state index is 14.1. The van der Waals surface area contributed by atoms with Gasteiger partial charge in [0.05, 0.1) is 23.7 Å². The Labute approximate surface area is 177 Å². The topological polar surface area (TPSA) is 104 Å². The van der Waals surface area contributed by atoms with E-state index < -0.39 is 16.0 Å². The van der Waals surface area contributed by atoms with E-state index in [1.165, 1.54) is 43.9 Å². The fraction of sp³-hybridized carbons (Fsp3) is 0.0476. The van der Waals surface area contributed by atoms with E-state index in [1.807, 2.05) is 6.07 Å². The lowest BCUT2D eigenvalue weighted by molar-refractivity contribution is 0.490. The molecule has 0 saturated heterocycles. The van der Waals surface area contributed by atoms with E-state index in [1.54, 1.807) is 40.9 Å². The Morgan fingerprint density at radius 3 is 2.74 bits per heavy atom. The summed E-state index contributed by atoms with van der Waals surface area (Å²) < 4.78 is 42.1. The number of hydrogen-bond acceptors (Lipinski definition) is 6. The summed E-state index contributed by atoms with van der Waals surface area (Å²) >= 11 is 0. The quantitative estimate of drug-likeness (QED) is 0.273. The van der Waals surface area contributed by atoms with Crippen LogP contribution < -0.4 is 0 Å². The van der Waals surface area contributed by atoms with Gasteiger partial charge in [0.25, 0.3) is 10.0 Å². The van der Waals surface area contributed by atoms with Gasteiger partial charge in [-0.1, -0.05) is 12.1 Å². The van der Waals surface area contributed by atoms with Crippen LogP contribution >= 0.6 is 0 Å². The Balaban J connectivity index is 1.69. The van der Waals surface area contributed by atoms with E-state index in [0.717, 1.165) is 4.41 Å². The molecule has 0 atom stereocenters. The minimum atomic E-state index is -4.02. The Kier molecular flexibility index (Phi) is 5.19. The predicted molar refractivity (Wildman–Crippen MR) is 112 cm³/mol. The third-order valence-electron chi connectivity index (χ3n) is 4.59. The molecule has 10 heteroatoms. The molecule has 0 N–H and O–H groups in total. The van der Waals surface area contributed by atoms with Crippen molar-refractivity contribution in [1.82, 2.24) is 18.8 Å². The van der Waals surface area contributed by atoms with Gasteiger partial charge in [0.15, 0.2) is 0 Å². The van der Waals surface area contributed by atoms with Gasteiger partial charge in [-0.3, -0.25) is 4.40 Å². The molecule has 0 aliphatic heterocycles. The lowest BCUT2D eigenvalue weighted by Gasteiger charge is -2.14. The summed E-state index contributed by atoms with van der Waals surface area (Å²) in [5.74, 6) is -0.598. The number of aromatic nitrogens is 3. The second kappa shape index (κ2) is 7.97. The molecule has 0 aliphatic carbocycles. The Bertz CT molecular complexity index is 1460. The average Bonchev–Trinajstić information content (AvgIpc) is 3.19. The summed E-state index contributed by atoms with van der Waals surface area (Å²) in [6, 6.07) is 14.4.